The molecule has 0 aliphatic rings. The van der Waals surface area contributed by atoms with Crippen LogP contribution in [-0.2, 0) is 14.8 Å². The topological polar surface area (TPSA) is 141 Å². The van der Waals surface area contributed by atoms with Gasteiger partial charge in [-0.1, -0.05) is 11.8 Å². The van der Waals surface area contributed by atoms with Gasteiger partial charge in [0, 0.05) is 12.2 Å². The SMILES string of the molecule is NS(=O)(=O)c1ccc(-n2nnnc2SCCCC(=O)O)cc1. The summed E-state index contributed by atoms with van der Waals surface area (Å²) in [6, 6.07) is 5.81. The van der Waals surface area contributed by atoms with E-state index in [0.717, 1.165) is 0 Å². The van der Waals surface area contributed by atoms with E-state index in [1.54, 1.807) is 0 Å². The maximum absolute atomic E-state index is 11.2. The number of carboxylic acids is 1. The fourth-order valence-corrected chi connectivity index (χ4v) is 2.94. The smallest absolute Gasteiger partial charge is 0.303 e. The number of primary sulfonamides is 1. The van der Waals surface area contributed by atoms with Gasteiger partial charge in [0.15, 0.2) is 0 Å². The van der Waals surface area contributed by atoms with Crippen molar-refractivity contribution in [3.63, 3.8) is 0 Å². The Morgan fingerprint density at radius 1 is 1.32 bits per heavy atom. The minimum Gasteiger partial charge on any atom is -0.481 e. The Kier molecular flexibility index (Phi) is 5.11. The number of thioether (sulfide) groups is 1. The molecule has 118 valence electrons. The van der Waals surface area contributed by atoms with E-state index < -0.39 is 16.0 Å². The van der Waals surface area contributed by atoms with E-state index in [1.165, 1.54) is 40.7 Å². The van der Waals surface area contributed by atoms with Crippen molar-refractivity contribution in [2.75, 3.05) is 5.75 Å². The first-order chi connectivity index (χ1) is 10.4. The van der Waals surface area contributed by atoms with Crippen LogP contribution in [-0.4, -0.2) is 45.5 Å². The number of tetrazole rings is 1. The molecule has 0 bridgehead atoms. The van der Waals surface area contributed by atoms with Crippen molar-refractivity contribution in [2.24, 2.45) is 5.14 Å². The Hall–Kier alpha value is -1.98. The molecule has 0 unspecified atom stereocenters. The molecule has 3 N–H and O–H groups in total. The Morgan fingerprint density at radius 2 is 2.00 bits per heavy atom. The molecule has 1 aromatic carbocycles. The summed E-state index contributed by atoms with van der Waals surface area (Å²) in [7, 11) is -3.75. The van der Waals surface area contributed by atoms with Gasteiger partial charge in [0.05, 0.1) is 10.6 Å². The minimum atomic E-state index is -3.75. The van der Waals surface area contributed by atoms with Crippen LogP contribution in [0.1, 0.15) is 12.8 Å². The number of hydrogen-bond acceptors (Lipinski definition) is 7. The average molecular weight is 343 g/mol. The highest BCUT2D eigenvalue weighted by atomic mass is 32.2. The molecule has 0 spiro atoms. The Morgan fingerprint density at radius 3 is 2.59 bits per heavy atom. The molecule has 0 aliphatic heterocycles. The standard InChI is InChI=1S/C11H13N5O4S2/c12-22(19,20)9-5-3-8(4-6-9)16-11(13-14-15-16)21-7-1-2-10(17)18/h3-6H,1-2,7H2,(H,17,18)(H2,12,19,20). The predicted octanol–water partition coefficient (Wildman–Crippen LogP) is 0.267. The number of nitrogens with zero attached hydrogens (tertiary/aromatic N) is 4. The second-order valence-corrected chi connectivity index (χ2v) is 6.88. The highest BCUT2D eigenvalue weighted by molar-refractivity contribution is 7.99. The third kappa shape index (κ3) is 4.26. The lowest BCUT2D eigenvalue weighted by atomic mass is 10.3. The zero-order valence-corrected chi connectivity index (χ0v) is 12.9. The van der Waals surface area contributed by atoms with Crippen LogP contribution in [0.3, 0.4) is 0 Å². The summed E-state index contributed by atoms with van der Waals surface area (Å²) >= 11 is 1.32. The second-order valence-electron chi connectivity index (χ2n) is 4.26. The van der Waals surface area contributed by atoms with Crippen molar-refractivity contribution >= 4 is 27.8 Å². The summed E-state index contributed by atoms with van der Waals surface area (Å²) in [6.07, 6.45) is 0.578. The van der Waals surface area contributed by atoms with Gasteiger partial charge in [0.1, 0.15) is 0 Å². The molecule has 1 aromatic heterocycles. The lowest BCUT2D eigenvalue weighted by molar-refractivity contribution is -0.137. The molecule has 11 heteroatoms. The number of carbonyl (C=O) groups is 1. The third-order valence-corrected chi connectivity index (χ3v) is 4.55. The van der Waals surface area contributed by atoms with Crippen LogP contribution in [0.4, 0.5) is 0 Å². The van der Waals surface area contributed by atoms with Gasteiger partial charge in [-0.05, 0) is 41.1 Å². The van der Waals surface area contributed by atoms with Crippen LogP contribution < -0.4 is 5.14 Å². The molecule has 0 fully saturated rings. The van der Waals surface area contributed by atoms with Gasteiger partial charge >= 0.3 is 5.97 Å². The number of hydrogen-bond donors (Lipinski definition) is 2. The maximum atomic E-state index is 11.2. The van der Waals surface area contributed by atoms with Crippen molar-refractivity contribution in [3.8, 4) is 5.69 Å². The lowest BCUT2D eigenvalue weighted by Gasteiger charge is -2.05. The van der Waals surface area contributed by atoms with E-state index in [0.29, 0.717) is 23.0 Å². The molecule has 1 heterocycles. The Bertz CT molecular complexity index is 757. The van der Waals surface area contributed by atoms with Gasteiger partial charge in [-0.15, -0.1) is 5.10 Å². The largest absolute Gasteiger partial charge is 0.481 e. The molecule has 0 aliphatic carbocycles. The van der Waals surface area contributed by atoms with Crippen LogP contribution >= 0.6 is 11.8 Å². The van der Waals surface area contributed by atoms with Gasteiger partial charge in [0.2, 0.25) is 15.2 Å². The Labute approximate surface area is 130 Å². The number of aromatic nitrogens is 4. The van der Waals surface area contributed by atoms with Crippen molar-refractivity contribution < 1.29 is 18.3 Å². The van der Waals surface area contributed by atoms with Crippen LogP contribution in [0.15, 0.2) is 34.3 Å². The third-order valence-electron chi connectivity index (χ3n) is 2.62. The van der Waals surface area contributed by atoms with Gasteiger partial charge in [-0.2, -0.15) is 4.68 Å². The summed E-state index contributed by atoms with van der Waals surface area (Å²) < 4.78 is 23.9. The molecule has 0 amide bonds. The van der Waals surface area contributed by atoms with E-state index in [2.05, 4.69) is 15.5 Å². The number of carboxylic acid groups (broad SMARTS) is 1. The number of sulfonamides is 1. The van der Waals surface area contributed by atoms with Gasteiger partial charge in [-0.25, -0.2) is 13.6 Å². The van der Waals surface area contributed by atoms with Crippen LogP contribution in [0.25, 0.3) is 5.69 Å². The highest BCUT2D eigenvalue weighted by Gasteiger charge is 2.11. The number of aliphatic carboxylic acids is 1. The van der Waals surface area contributed by atoms with Crippen molar-refractivity contribution in [1.82, 2.24) is 20.2 Å². The van der Waals surface area contributed by atoms with E-state index in [1.807, 2.05) is 0 Å². The quantitative estimate of drug-likeness (QED) is 0.539. The first-order valence-corrected chi connectivity index (χ1v) is 8.67. The molecule has 0 saturated heterocycles. The molecule has 2 rings (SSSR count). The van der Waals surface area contributed by atoms with E-state index >= 15 is 0 Å². The highest BCUT2D eigenvalue weighted by Crippen LogP contribution is 2.20. The fraction of sp³-hybridized carbons (Fsp3) is 0.273. The van der Waals surface area contributed by atoms with Gasteiger partial charge in [0.25, 0.3) is 0 Å². The zero-order chi connectivity index (χ0) is 16.2. The van der Waals surface area contributed by atoms with Crippen LogP contribution in [0.2, 0.25) is 0 Å². The molecule has 2 aromatic rings. The Balaban J connectivity index is 2.10. The van der Waals surface area contributed by atoms with Crippen molar-refractivity contribution in [3.05, 3.63) is 24.3 Å². The first kappa shape index (κ1) is 16.4. The second kappa shape index (κ2) is 6.85. The summed E-state index contributed by atoms with van der Waals surface area (Å²) in [6.45, 7) is 0. The first-order valence-electron chi connectivity index (χ1n) is 6.14. The van der Waals surface area contributed by atoms with Gasteiger partial charge < -0.3 is 5.11 Å². The number of benzene rings is 1. The molecule has 22 heavy (non-hydrogen) atoms. The molecular weight excluding hydrogens is 330 g/mol. The molecule has 9 nitrogen and oxygen atoms in total. The van der Waals surface area contributed by atoms with E-state index in [4.69, 9.17) is 10.2 Å². The summed E-state index contributed by atoms with van der Waals surface area (Å²) in [5.74, 6) is -0.291. The minimum absolute atomic E-state index is 0.0000132. The van der Waals surface area contributed by atoms with Crippen LogP contribution in [0, 0.1) is 0 Å². The zero-order valence-electron chi connectivity index (χ0n) is 11.3. The molecule has 0 atom stereocenters. The van der Waals surface area contributed by atoms with Crippen molar-refractivity contribution in [1.29, 1.82) is 0 Å². The lowest BCUT2D eigenvalue weighted by Crippen LogP contribution is -2.12. The number of nitrogens with two attached hydrogens (primary N) is 1. The fourth-order valence-electron chi connectivity index (χ4n) is 1.59. The van der Waals surface area contributed by atoms with Crippen molar-refractivity contribution in [2.45, 2.75) is 22.9 Å². The van der Waals surface area contributed by atoms with Crippen LogP contribution in [0.5, 0.6) is 0 Å². The summed E-state index contributed by atoms with van der Waals surface area (Å²) in [5.41, 5.74) is 0.582. The normalized spacial score (nSPS) is 11.5. The molecular formula is C11H13N5O4S2. The van der Waals surface area contributed by atoms with Gasteiger partial charge in [-0.3, -0.25) is 4.79 Å². The summed E-state index contributed by atoms with van der Waals surface area (Å²) in [4.78, 5) is 10.4. The molecule has 0 saturated carbocycles. The van der Waals surface area contributed by atoms with E-state index in [-0.39, 0.29) is 11.3 Å². The van der Waals surface area contributed by atoms with E-state index in [9.17, 15) is 13.2 Å². The predicted molar refractivity (Wildman–Crippen MR) is 78.1 cm³/mol. The summed E-state index contributed by atoms with van der Waals surface area (Å²) in [5, 5.41) is 25.4. The maximum Gasteiger partial charge on any atom is 0.303 e. The average Bonchev–Trinajstić information content (AvgIpc) is 2.91. The monoisotopic (exact) mass is 343 g/mol. The number of rotatable bonds is 7. The molecule has 0 radical (unpaired) electrons.